The number of guanidine groups is 1. The summed E-state index contributed by atoms with van der Waals surface area (Å²) in [5.74, 6) is 0.669. The van der Waals surface area contributed by atoms with Crippen LogP contribution in [0.15, 0.2) is 10.4 Å². The Balaban J connectivity index is 1.66. The van der Waals surface area contributed by atoms with Gasteiger partial charge in [-0.2, -0.15) is 13.2 Å². The van der Waals surface area contributed by atoms with Crippen molar-refractivity contribution in [1.82, 2.24) is 15.6 Å². The lowest BCUT2D eigenvalue weighted by Gasteiger charge is -2.21. The smallest absolute Gasteiger partial charge is 0.378 e. The minimum Gasteiger partial charge on any atom is -0.378 e. The Kier molecular flexibility index (Phi) is 9.33. The van der Waals surface area contributed by atoms with Crippen LogP contribution in [0.3, 0.4) is 0 Å². The fraction of sp³-hybridized carbons (Fsp3) is 0.778. The lowest BCUT2D eigenvalue weighted by Crippen LogP contribution is -2.38. The fourth-order valence-electron chi connectivity index (χ4n) is 2.92. The normalized spacial score (nSPS) is 16.5. The minimum atomic E-state index is -4.38. The summed E-state index contributed by atoms with van der Waals surface area (Å²) in [4.78, 5) is 8.12. The van der Waals surface area contributed by atoms with Gasteiger partial charge < -0.3 is 15.4 Å². The number of hydrogen-bond acceptors (Lipinski definition) is 4. The Bertz CT molecular complexity index is 571. The molecule has 0 bridgehead atoms. The molecule has 0 saturated heterocycles. The molecule has 1 aromatic rings. The van der Waals surface area contributed by atoms with Gasteiger partial charge in [-0.05, 0) is 26.2 Å². The Morgan fingerprint density at radius 2 is 2.07 bits per heavy atom. The molecule has 0 radical (unpaired) electrons. The predicted octanol–water partition coefficient (Wildman–Crippen LogP) is 4.00. The first-order chi connectivity index (χ1) is 13.0. The van der Waals surface area contributed by atoms with E-state index in [1.54, 1.807) is 0 Å². The number of halogens is 3. The third-order valence-electron chi connectivity index (χ3n) is 4.30. The Hall–Kier alpha value is -1.35. The molecule has 1 saturated carbocycles. The molecule has 1 heterocycles. The lowest BCUT2D eigenvalue weighted by atomic mass is 9.98. The highest BCUT2D eigenvalue weighted by Gasteiger charge is 2.33. The van der Waals surface area contributed by atoms with E-state index in [1.165, 1.54) is 32.1 Å². The third kappa shape index (κ3) is 8.47. The molecule has 1 aliphatic carbocycles. The second kappa shape index (κ2) is 11.5. The van der Waals surface area contributed by atoms with Crippen molar-refractivity contribution in [2.24, 2.45) is 4.99 Å². The first-order valence-corrected chi connectivity index (χ1v) is 10.5. The molecule has 1 fully saturated rings. The molecule has 0 spiro atoms. The number of nitrogens with one attached hydrogen (secondary N) is 2. The summed E-state index contributed by atoms with van der Waals surface area (Å²) in [7, 11) is 0. The molecule has 0 amide bonds. The molecule has 154 valence electrons. The number of hydrogen-bond donors (Lipinski definition) is 2. The fourth-order valence-corrected chi connectivity index (χ4v) is 3.73. The maximum absolute atomic E-state index is 12.6. The molecule has 2 N–H and O–H groups in total. The Morgan fingerprint density at radius 3 is 2.74 bits per heavy atom. The zero-order valence-corrected chi connectivity index (χ0v) is 16.6. The Labute approximate surface area is 162 Å². The van der Waals surface area contributed by atoms with Crippen molar-refractivity contribution in [3.8, 4) is 0 Å². The zero-order chi connectivity index (χ0) is 19.5. The molecule has 0 aliphatic heterocycles. The van der Waals surface area contributed by atoms with Gasteiger partial charge in [-0.3, -0.25) is 4.99 Å². The first-order valence-electron chi connectivity index (χ1n) is 9.64. The van der Waals surface area contributed by atoms with Gasteiger partial charge in [0.25, 0.3) is 0 Å². The summed E-state index contributed by atoms with van der Waals surface area (Å²) < 4.78 is 43.6. The maximum Gasteiger partial charge on any atom is 0.434 e. The van der Waals surface area contributed by atoms with Gasteiger partial charge in [0.1, 0.15) is 0 Å². The maximum atomic E-state index is 12.6. The standard InChI is InChI=1S/C18H29F3N4OS/c1-2-22-17(23-10-6-12-26-14-7-4-3-5-8-14)24-11-9-16-25-15(13-27-16)18(19,20)21/h13-14H,2-12H2,1H3,(H2,22,23,24). The summed E-state index contributed by atoms with van der Waals surface area (Å²) >= 11 is 1.03. The van der Waals surface area contributed by atoms with Crippen LogP contribution < -0.4 is 10.6 Å². The zero-order valence-electron chi connectivity index (χ0n) is 15.8. The molecule has 0 aromatic carbocycles. The molecule has 0 unspecified atom stereocenters. The van der Waals surface area contributed by atoms with Crippen molar-refractivity contribution < 1.29 is 17.9 Å². The van der Waals surface area contributed by atoms with Gasteiger partial charge in [-0.1, -0.05) is 19.3 Å². The second-order valence-corrected chi connectivity index (χ2v) is 7.49. The Morgan fingerprint density at radius 1 is 1.30 bits per heavy atom. The van der Waals surface area contributed by atoms with Crippen LogP contribution in [0.25, 0.3) is 0 Å². The van der Waals surface area contributed by atoms with Crippen LogP contribution in [0.1, 0.15) is 56.2 Å². The second-order valence-electron chi connectivity index (χ2n) is 6.55. The van der Waals surface area contributed by atoms with Gasteiger partial charge in [0, 0.05) is 38.0 Å². The summed E-state index contributed by atoms with van der Waals surface area (Å²) in [6.45, 7) is 4.54. The number of rotatable bonds is 9. The van der Waals surface area contributed by atoms with E-state index in [9.17, 15) is 13.2 Å². The van der Waals surface area contributed by atoms with Gasteiger partial charge in [-0.15, -0.1) is 11.3 Å². The topological polar surface area (TPSA) is 58.5 Å². The van der Waals surface area contributed by atoms with Crippen molar-refractivity contribution in [1.29, 1.82) is 0 Å². The average Bonchev–Trinajstić information content (AvgIpc) is 3.11. The van der Waals surface area contributed by atoms with E-state index in [-0.39, 0.29) is 0 Å². The molecule has 2 rings (SSSR count). The van der Waals surface area contributed by atoms with E-state index in [0.29, 0.717) is 43.2 Å². The van der Waals surface area contributed by atoms with Crippen molar-refractivity contribution >= 4 is 17.3 Å². The highest BCUT2D eigenvalue weighted by Crippen LogP contribution is 2.30. The minimum absolute atomic E-state index is 0.411. The SMILES string of the molecule is CCNC(=NCCCOC1CCCCC1)NCCc1nc(C(F)(F)F)cs1. The monoisotopic (exact) mass is 406 g/mol. The lowest BCUT2D eigenvalue weighted by molar-refractivity contribution is -0.140. The van der Waals surface area contributed by atoms with Crippen LogP contribution in [-0.2, 0) is 17.3 Å². The van der Waals surface area contributed by atoms with Crippen LogP contribution in [0.2, 0.25) is 0 Å². The molecule has 9 heteroatoms. The van der Waals surface area contributed by atoms with Crippen molar-refractivity contribution in [2.45, 2.75) is 64.1 Å². The molecule has 1 aliphatic rings. The van der Waals surface area contributed by atoms with E-state index in [1.807, 2.05) is 6.92 Å². The van der Waals surface area contributed by atoms with Crippen LogP contribution in [0, 0.1) is 0 Å². The van der Waals surface area contributed by atoms with Gasteiger partial charge in [0.15, 0.2) is 11.7 Å². The molecule has 0 atom stereocenters. The molecule has 5 nitrogen and oxygen atoms in total. The number of thiazole rings is 1. The number of alkyl halides is 3. The van der Waals surface area contributed by atoms with Crippen LogP contribution in [-0.4, -0.2) is 43.3 Å². The van der Waals surface area contributed by atoms with Gasteiger partial charge in [0.2, 0.25) is 0 Å². The van der Waals surface area contributed by atoms with Crippen molar-refractivity contribution in [3.05, 3.63) is 16.1 Å². The molecule has 27 heavy (non-hydrogen) atoms. The van der Waals surface area contributed by atoms with Crippen LogP contribution >= 0.6 is 11.3 Å². The molecular formula is C18H29F3N4OS. The van der Waals surface area contributed by atoms with Crippen LogP contribution in [0.5, 0.6) is 0 Å². The van der Waals surface area contributed by atoms with E-state index >= 15 is 0 Å². The van der Waals surface area contributed by atoms with E-state index in [0.717, 1.165) is 29.7 Å². The summed E-state index contributed by atoms with van der Waals surface area (Å²) in [5, 5.41) is 7.80. The molecular weight excluding hydrogens is 377 g/mol. The largest absolute Gasteiger partial charge is 0.434 e. The first kappa shape index (κ1) is 21.9. The van der Waals surface area contributed by atoms with E-state index in [2.05, 4.69) is 20.6 Å². The number of aromatic nitrogens is 1. The van der Waals surface area contributed by atoms with Gasteiger partial charge >= 0.3 is 6.18 Å². The number of aliphatic imine (C=N–C) groups is 1. The third-order valence-corrected chi connectivity index (χ3v) is 5.20. The van der Waals surface area contributed by atoms with Crippen molar-refractivity contribution in [3.63, 3.8) is 0 Å². The summed E-state index contributed by atoms with van der Waals surface area (Å²) in [5.41, 5.74) is -0.818. The quantitative estimate of drug-likeness (QED) is 0.370. The van der Waals surface area contributed by atoms with Crippen LogP contribution in [0.4, 0.5) is 13.2 Å². The number of nitrogens with zero attached hydrogens (tertiary/aromatic N) is 2. The summed E-state index contributed by atoms with van der Waals surface area (Å²) in [6.07, 6.45) is 3.50. The number of ether oxygens (including phenoxy) is 1. The van der Waals surface area contributed by atoms with Crippen molar-refractivity contribution in [2.75, 3.05) is 26.2 Å². The van der Waals surface area contributed by atoms with E-state index < -0.39 is 11.9 Å². The summed E-state index contributed by atoms with van der Waals surface area (Å²) in [6, 6.07) is 0. The highest BCUT2D eigenvalue weighted by atomic mass is 32.1. The average molecular weight is 407 g/mol. The molecule has 1 aromatic heterocycles. The van der Waals surface area contributed by atoms with Gasteiger partial charge in [0.05, 0.1) is 11.1 Å². The van der Waals surface area contributed by atoms with E-state index in [4.69, 9.17) is 4.74 Å². The highest BCUT2D eigenvalue weighted by molar-refractivity contribution is 7.09. The van der Waals surface area contributed by atoms with Gasteiger partial charge in [-0.25, -0.2) is 4.98 Å². The predicted molar refractivity (Wildman–Crippen MR) is 102 cm³/mol.